The third-order valence-corrected chi connectivity index (χ3v) is 8.78. The van der Waals surface area contributed by atoms with Crippen LogP contribution in [0, 0.1) is 17.3 Å². The molecule has 3 saturated carbocycles. The minimum absolute atomic E-state index is 0.0700. The molecule has 0 aromatic heterocycles. The Morgan fingerprint density at radius 2 is 1.94 bits per heavy atom. The van der Waals surface area contributed by atoms with Crippen LogP contribution >= 0.6 is 0 Å². The molecule has 5 atom stereocenters. The van der Waals surface area contributed by atoms with Gasteiger partial charge in [0.25, 0.3) is 0 Å². The van der Waals surface area contributed by atoms with Crippen LogP contribution in [0.3, 0.4) is 0 Å². The average Bonchev–Trinajstić information content (AvgIpc) is 3.10. The van der Waals surface area contributed by atoms with Crippen molar-refractivity contribution >= 4 is 19.0 Å². The van der Waals surface area contributed by atoms with Crippen molar-refractivity contribution in [1.29, 1.82) is 0 Å². The standard InChI is InChI=1S/C26H36BNO7/c1-14(29)28-13-15(12-27-34-20-11-16-10-19(24(16,2)3)26(20,6)35-27)17-8-9-18(31-7)21-22(17)32-25(4,5)33-23(21)30/h8-9,15-16,19-20H,10-13H2,1-7H3,(H,28,29)/t15?,16-,19-,20?,26-/m0/s1. The molecule has 5 aliphatic rings. The molecule has 0 radical (unpaired) electrons. The van der Waals surface area contributed by atoms with E-state index in [1.807, 2.05) is 6.07 Å². The second-order valence-corrected chi connectivity index (χ2v) is 11.7. The third kappa shape index (κ3) is 3.91. The molecule has 2 bridgehead atoms. The smallest absolute Gasteiger partial charge is 0.458 e. The highest BCUT2D eigenvalue weighted by Gasteiger charge is 2.67. The normalized spacial score (nSPS) is 32.4. The third-order valence-electron chi connectivity index (χ3n) is 8.78. The molecule has 1 N–H and O–H groups in total. The van der Waals surface area contributed by atoms with Crippen LogP contribution in [0.1, 0.15) is 76.2 Å². The summed E-state index contributed by atoms with van der Waals surface area (Å²) in [6, 6.07) is 3.63. The molecule has 6 rings (SSSR count). The monoisotopic (exact) mass is 485 g/mol. The maximum absolute atomic E-state index is 12.9. The number of nitrogens with one attached hydrogen (secondary N) is 1. The van der Waals surface area contributed by atoms with Gasteiger partial charge in [-0.15, -0.1) is 0 Å². The van der Waals surface area contributed by atoms with E-state index in [0.29, 0.717) is 36.2 Å². The number of fused-ring (bicyclic) bond motifs is 1. The molecule has 1 amide bonds. The minimum Gasteiger partial charge on any atom is -0.496 e. The first-order chi connectivity index (χ1) is 16.4. The summed E-state index contributed by atoms with van der Waals surface area (Å²) in [6.45, 7) is 12.1. The van der Waals surface area contributed by atoms with Gasteiger partial charge in [-0.05, 0) is 55.0 Å². The fraction of sp³-hybridized carbons (Fsp3) is 0.692. The lowest BCUT2D eigenvalue weighted by Gasteiger charge is -2.64. The predicted octanol–water partition coefficient (Wildman–Crippen LogP) is 3.93. The van der Waals surface area contributed by atoms with Gasteiger partial charge in [-0.3, -0.25) is 4.79 Å². The molecular weight excluding hydrogens is 449 g/mol. The minimum atomic E-state index is -1.13. The molecule has 2 unspecified atom stereocenters. The highest BCUT2D eigenvalue weighted by Crippen LogP contribution is 2.66. The van der Waals surface area contributed by atoms with Crippen molar-refractivity contribution in [1.82, 2.24) is 5.32 Å². The van der Waals surface area contributed by atoms with E-state index in [1.54, 1.807) is 19.9 Å². The van der Waals surface area contributed by atoms with Gasteiger partial charge in [0, 0.05) is 33.2 Å². The van der Waals surface area contributed by atoms with Gasteiger partial charge in [-0.25, -0.2) is 4.79 Å². The Balaban J connectivity index is 1.46. The van der Waals surface area contributed by atoms with Gasteiger partial charge in [-0.1, -0.05) is 19.9 Å². The van der Waals surface area contributed by atoms with E-state index in [2.05, 4.69) is 26.1 Å². The summed E-state index contributed by atoms with van der Waals surface area (Å²) in [7, 11) is 1.09. The Kier molecular flexibility index (Phi) is 5.68. The molecule has 2 heterocycles. The highest BCUT2D eigenvalue weighted by molar-refractivity contribution is 6.45. The molecule has 9 heteroatoms. The van der Waals surface area contributed by atoms with Crippen molar-refractivity contribution in [3.05, 3.63) is 23.3 Å². The Morgan fingerprint density at radius 1 is 1.20 bits per heavy atom. The molecule has 35 heavy (non-hydrogen) atoms. The molecule has 0 spiro atoms. The van der Waals surface area contributed by atoms with Gasteiger partial charge in [0.05, 0.1) is 18.8 Å². The molecule has 2 aliphatic heterocycles. The van der Waals surface area contributed by atoms with Crippen LogP contribution < -0.4 is 14.8 Å². The molecular formula is C26H36BNO7. The second-order valence-electron chi connectivity index (χ2n) is 11.7. The second kappa shape index (κ2) is 8.13. The van der Waals surface area contributed by atoms with Crippen molar-refractivity contribution < 1.29 is 33.1 Å². The van der Waals surface area contributed by atoms with E-state index < -0.39 is 18.9 Å². The maximum Gasteiger partial charge on any atom is 0.458 e. The van der Waals surface area contributed by atoms with E-state index in [1.165, 1.54) is 20.5 Å². The number of rotatable bonds is 6. The fourth-order valence-electron chi connectivity index (χ4n) is 6.79. The van der Waals surface area contributed by atoms with E-state index in [-0.39, 0.29) is 34.5 Å². The Hall–Kier alpha value is -2.26. The first-order valence-corrected chi connectivity index (χ1v) is 12.6. The summed E-state index contributed by atoms with van der Waals surface area (Å²) >= 11 is 0. The zero-order valence-corrected chi connectivity index (χ0v) is 21.7. The summed E-state index contributed by atoms with van der Waals surface area (Å²) in [5, 5.41) is 2.93. The lowest BCUT2D eigenvalue weighted by molar-refractivity contribution is -0.199. The molecule has 1 saturated heterocycles. The largest absolute Gasteiger partial charge is 0.496 e. The summed E-state index contributed by atoms with van der Waals surface area (Å²) < 4.78 is 30.2. The first kappa shape index (κ1) is 24.4. The van der Waals surface area contributed by atoms with Gasteiger partial charge in [0.2, 0.25) is 11.7 Å². The molecule has 4 fully saturated rings. The number of benzene rings is 1. The number of ether oxygens (including phenoxy) is 3. The van der Waals surface area contributed by atoms with Crippen LogP contribution in [0.25, 0.3) is 0 Å². The van der Waals surface area contributed by atoms with E-state index in [0.717, 1.165) is 12.0 Å². The van der Waals surface area contributed by atoms with Gasteiger partial charge in [0.1, 0.15) is 17.1 Å². The number of esters is 1. The van der Waals surface area contributed by atoms with E-state index in [4.69, 9.17) is 23.5 Å². The summed E-state index contributed by atoms with van der Waals surface area (Å²) in [6.07, 6.45) is 2.78. The zero-order valence-electron chi connectivity index (χ0n) is 21.7. The summed E-state index contributed by atoms with van der Waals surface area (Å²) in [5.41, 5.74) is 0.988. The van der Waals surface area contributed by atoms with Gasteiger partial charge in [0.15, 0.2) is 0 Å². The van der Waals surface area contributed by atoms with Crippen LogP contribution in [-0.2, 0) is 18.8 Å². The number of hydrogen-bond donors (Lipinski definition) is 1. The van der Waals surface area contributed by atoms with Crippen molar-refractivity contribution in [2.24, 2.45) is 17.3 Å². The van der Waals surface area contributed by atoms with Crippen molar-refractivity contribution in [2.75, 3.05) is 13.7 Å². The fourth-order valence-corrected chi connectivity index (χ4v) is 6.79. The van der Waals surface area contributed by atoms with Gasteiger partial charge >= 0.3 is 13.1 Å². The molecule has 1 aromatic carbocycles. The number of carbonyl (C=O) groups excluding carboxylic acids is 2. The van der Waals surface area contributed by atoms with Crippen LogP contribution in [0.5, 0.6) is 11.5 Å². The van der Waals surface area contributed by atoms with Crippen LogP contribution in [0.4, 0.5) is 0 Å². The van der Waals surface area contributed by atoms with Crippen LogP contribution in [0.2, 0.25) is 6.32 Å². The molecule has 1 aromatic rings. The number of hydrogen-bond acceptors (Lipinski definition) is 7. The number of carbonyl (C=O) groups is 2. The zero-order chi connectivity index (χ0) is 25.3. The summed E-state index contributed by atoms with van der Waals surface area (Å²) in [5.74, 6) is -0.0290. The molecule has 190 valence electrons. The van der Waals surface area contributed by atoms with Crippen LogP contribution in [-0.4, -0.2) is 50.1 Å². The number of cyclic esters (lactones) is 1. The lowest BCUT2D eigenvalue weighted by Crippen LogP contribution is -2.65. The Bertz CT molecular complexity index is 1060. The first-order valence-electron chi connectivity index (χ1n) is 12.6. The van der Waals surface area contributed by atoms with E-state index in [9.17, 15) is 9.59 Å². The van der Waals surface area contributed by atoms with Crippen molar-refractivity contribution in [3.8, 4) is 11.5 Å². The lowest BCUT2D eigenvalue weighted by atomic mass is 9.43. The predicted molar refractivity (Wildman–Crippen MR) is 129 cm³/mol. The van der Waals surface area contributed by atoms with Gasteiger partial charge in [-0.2, -0.15) is 0 Å². The highest BCUT2D eigenvalue weighted by atomic mass is 16.7. The van der Waals surface area contributed by atoms with Crippen LogP contribution in [0.15, 0.2) is 12.1 Å². The SMILES string of the molecule is COc1ccc(C(CNC(C)=O)CB2OC3C[C@@H]4C[C@@H](C4(C)C)[C@]3(C)O2)c2c1C(=O)OC(C)(C)O2. The maximum atomic E-state index is 12.9. The molecule has 3 aliphatic carbocycles. The Labute approximate surface area is 207 Å². The molecule has 8 nitrogen and oxygen atoms in total. The van der Waals surface area contributed by atoms with Crippen molar-refractivity contribution in [3.63, 3.8) is 0 Å². The van der Waals surface area contributed by atoms with E-state index >= 15 is 0 Å². The van der Waals surface area contributed by atoms with Gasteiger partial charge < -0.3 is 28.8 Å². The number of methoxy groups -OCH3 is 1. The Morgan fingerprint density at radius 3 is 2.60 bits per heavy atom. The average molecular weight is 485 g/mol. The number of amides is 1. The van der Waals surface area contributed by atoms with Crippen molar-refractivity contribution in [2.45, 2.75) is 84.1 Å². The quantitative estimate of drug-likeness (QED) is 0.482. The topological polar surface area (TPSA) is 92.3 Å². The summed E-state index contributed by atoms with van der Waals surface area (Å²) in [4.78, 5) is 24.7.